The van der Waals surface area contributed by atoms with Crippen LogP contribution in [0.3, 0.4) is 0 Å². The van der Waals surface area contributed by atoms with Crippen molar-refractivity contribution >= 4 is 15.9 Å². The van der Waals surface area contributed by atoms with Gasteiger partial charge in [0.05, 0.1) is 0 Å². The van der Waals surface area contributed by atoms with E-state index >= 15 is 0 Å². The average molecular weight is 357 g/mol. The minimum atomic E-state index is -0.167. The molecule has 0 aromatic heterocycles. The number of piperazine rings is 1. The fourth-order valence-corrected chi connectivity index (χ4v) is 3.86. The zero-order chi connectivity index (χ0) is 15.5. The molecule has 1 N–H and O–H groups in total. The topological polar surface area (TPSA) is 15.3 Å². The quantitative estimate of drug-likeness (QED) is 0.844. The Balaban J connectivity index is 2.23. The van der Waals surface area contributed by atoms with E-state index in [4.69, 9.17) is 0 Å². The second-order valence-electron chi connectivity index (χ2n) is 6.08. The Bertz CT molecular complexity index is 454. The van der Waals surface area contributed by atoms with E-state index in [1.54, 1.807) is 6.07 Å². The number of hydrogen-bond acceptors (Lipinski definition) is 2. The fourth-order valence-electron chi connectivity index (χ4n) is 3.35. The van der Waals surface area contributed by atoms with Crippen molar-refractivity contribution in [2.45, 2.75) is 58.2 Å². The van der Waals surface area contributed by atoms with Crippen LogP contribution in [-0.2, 0) is 6.54 Å². The second-order valence-corrected chi connectivity index (χ2v) is 6.99. The summed E-state index contributed by atoms with van der Waals surface area (Å²) >= 11 is 3.40. The van der Waals surface area contributed by atoms with Crippen molar-refractivity contribution in [2.24, 2.45) is 0 Å². The molecule has 118 valence electrons. The second kappa shape index (κ2) is 7.21. The molecule has 1 fully saturated rings. The minimum absolute atomic E-state index is 0.167. The van der Waals surface area contributed by atoms with Crippen molar-refractivity contribution in [1.29, 1.82) is 0 Å². The van der Waals surface area contributed by atoms with Crippen LogP contribution in [0.1, 0.15) is 45.6 Å². The highest BCUT2D eigenvalue weighted by molar-refractivity contribution is 9.10. The summed E-state index contributed by atoms with van der Waals surface area (Å²) in [5, 5.41) is 3.68. The Hall–Kier alpha value is -0.450. The van der Waals surface area contributed by atoms with Crippen LogP contribution in [0.5, 0.6) is 0 Å². The molecule has 21 heavy (non-hydrogen) atoms. The molecular weight excluding hydrogens is 331 g/mol. The van der Waals surface area contributed by atoms with E-state index in [1.165, 1.54) is 6.07 Å². The lowest BCUT2D eigenvalue weighted by atomic mass is 9.86. The number of benzene rings is 1. The number of rotatable bonds is 5. The van der Waals surface area contributed by atoms with Gasteiger partial charge in [-0.3, -0.25) is 4.90 Å². The molecule has 1 aromatic carbocycles. The predicted octanol–water partition coefficient (Wildman–Crippen LogP) is 4.33. The Morgan fingerprint density at radius 2 is 2.00 bits per heavy atom. The van der Waals surface area contributed by atoms with Crippen LogP contribution >= 0.6 is 15.9 Å². The van der Waals surface area contributed by atoms with Gasteiger partial charge >= 0.3 is 0 Å². The molecule has 1 atom stereocenters. The molecule has 0 aliphatic carbocycles. The maximum Gasteiger partial charge on any atom is 0.124 e. The van der Waals surface area contributed by atoms with E-state index in [0.717, 1.165) is 48.9 Å². The van der Waals surface area contributed by atoms with Gasteiger partial charge in [0.2, 0.25) is 0 Å². The molecule has 0 amide bonds. The number of hydrogen-bond donors (Lipinski definition) is 1. The van der Waals surface area contributed by atoms with E-state index < -0.39 is 0 Å². The molecule has 0 spiro atoms. The summed E-state index contributed by atoms with van der Waals surface area (Å²) in [4.78, 5) is 2.55. The van der Waals surface area contributed by atoms with Gasteiger partial charge in [-0.15, -0.1) is 0 Å². The first-order valence-corrected chi connectivity index (χ1v) is 8.75. The summed E-state index contributed by atoms with van der Waals surface area (Å²) in [7, 11) is 0. The number of nitrogens with zero attached hydrogens (tertiary/aromatic N) is 1. The van der Waals surface area contributed by atoms with E-state index in [2.05, 4.69) is 46.9 Å². The highest BCUT2D eigenvalue weighted by Crippen LogP contribution is 2.30. The van der Waals surface area contributed by atoms with Crippen LogP contribution in [0.25, 0.3) is 0 Å². The molecule has 1 saturated heterocycles. The van der Waals surface area contributed by atoms with Gasteiger partial charge in [-0.2, -0.15) is 0 Å². The molecule has 0 radical (unpaired) electrons. The van der Waals surface area contributed by atoms with Crippen molar-refractivity contribution in [3.63, 3.8) is 0 Å². The van der Waals surface area contributed by atoms with Crippen molar-refractivity contribution < 1.29 is 4.39 Å². The normalized spacial score (nSPS) is 22.4. The Morgan fingerprint density at radius 3 is 2.57 bits per heavy atom. The Kier molecular flexibility index (Phi) is 5.81. The first-order valence-electron chi connectivity index (χ1n) is 7.96. The van der Waals surface area contributed by atoms with Gasteiger partial charge in [0.1, 0.15) is 5.82 Å². The molecule has 2 rings (SSSR count). The highest BCUT2D eigenvalue weighted by Gasteiger charge is 2.38. The third-order valence-corrected chi connectivity index (χ3v) is 5.39. The van der Waals surface area contributed by atoms with Gasteiger partial charge < -0.3 is 5.32 Å². The molecule has 4 heteroatoms. The Morgan fingerprint density at radius 1 is 1.29 bits per heavy atom. The van der Waals surface area contributed by atoms with Crippen LogP contribution in [0.15, 0.2) is 22.7 Å². The summed E-state index contributed by atoms with van der Waals surface area (Å²) in [6, 6.07) is 5.74. The third kappa shape index (κ3) is 3.85. The van der Waals surface area contributed by atoms with Gasteiger partial charge in [0.25, 0.3) is 0 Å². The molecule has 1 aliphatic heterocycles. The van der Waals surface area contributed by atoms with Gasteiger partial charge in [-0.25, -0.2) is 4.39 Å². The summed E-state index contributed by atoms with van der Waals surface area (Å²) in [6.07, 6.45) is 3.36. The molecule has 1 unspecified atom stereocenters. The summed E-state index contributed by atoms with van der Waals surface area (Å²) in [5.41, 5.74) is 1.23. The van der Waals surface area contributed by atoms with Gasteiger partial charge in [0, 0.05) is 35.7 Å². The first-order chi connectivity index (χ1) is 10.0. The minimum Gasteiger partial charge on any atom is -0.311 e. The largest absolute Gasteiger partial charge is 0.311 e. The molecule has 2 nitrogen and oxygen atoms in total. The lowest BCUT2D eigenvalue weighted by Crippen LogP contribution is -2.63. The maximum absolute atomic E-state index is 13.6. The van der Waals surface area contributed by atoms with Crippen molar-refractivity contribution in [2.75, 3.05) is 13.1 Å². The summed E-state index contributed by atoms with van der Waals surface area (Å²) in [5.74, 6) is -0.167. The van der Waals surface area contributed by atoms with E-state index in [0.29, 0.717) is 6.04 Å². The molecule has 1 heterocycles. The maximum atomic E-state index is 13.6. The third-order valence-electron chi connectivity index (χ3n) is 4.94. The zero-order valence-corrected chi connectivity index (χ0v) is 14.8. The first kappa shape index (κ1) is 16.9. The van der Waals surface area contributed by atoms with Gasteiger partial charge in [0.15, 0.2) is 0 Å². The van der Waals surface area contributed by atoms with Crippen LogP contribution in [0.4, 0.5) is 4.39 Å². The molecule has 0 bridgehead atoms. The Labute approximate surface area is 136 Å². The highest BCUT2D eigenvalue weighted by atomic mass is 79.9. The smallest absolute Gasteiger partial charge is 0.124 e. The summed E-state index contributed by atoms with van der Waals surface area (Å²) in [6.45, 7) is 9.61. The SMILES string of the molecule is CCC1CN(Cc2cc(F)cc(Br)c2)C(CC)(CC)CN1. The van der Waals surface area contributed by atoms with E-state index in [1.807, 2.05) is 6.07 Å². The zero-order valence-electron chi connectivity index (χ0n) is 13.3. The number of nitrogens with one attached hydrogen (secondary N) is 1. The molecule has 0 saturated carbocycles. The van der Waals surface area contributed by atoms with Crippen molar-refractivity contribution in [1.82, 2.24) is 10.2 Å². The van der Waals surface area contributed by atoms with Gasteiger partial charge in [-0.05, 0) is 43.0 Å². The van der Waals surface area contributed by atoms with E-state index in [-0.39, 0.29) is 11.4 Å². The lowest BCUT2D eigenvalue weighted by molar-refractivity contribution is 0.0237. The van der Waals surface area contributed by atoms with E-state index in [9.17, 15) is 4.39 Å². The summed E-state index contributed by atoms with van der Waals surface area (Å²) < 4.78 is 14.4. The predicted molar refractivity (Wildman–Crippen MR) is 89.9 cm³/mol. The van der Waals surface area contributed by atoms with Crippen molar-refractivity contribution in [3.05, 3.63) is 34.1 Å². The van der Waals surface area contributed by atoms with Crippen LogP contribution in [-0.4, -0.2) is 29.6 Å². The average Bonchev–Trinajstić information content (AvgIpc) is 2.46. The van der Waals surface area contributed by atoms with Crippen LogP contribution < -0.4 is 5.32 Å². The van der Waals surface area contributed by atoms with Crippen molar-refractivity contribution in [3.8, 4) is 0 Å². The van der Waals surface area contributed by atoms with Crippen LogP contribution in [0, 0.1) is 5.82 Å². The lowest BCUT2D eigenvalue weighted by Gasteiger charge is -2.49. The number of halogens is 2. The van der Waals surface area contributed by atoms with Crippen LogP contribution in [0.2, 0.25) is 0 Å². The van der Waals surface area contributed by atoms with Gasteiger partial charge in [-0.1, -0.05) is 36.7 Å². The monoisotopic (exact) mass is 356 g/mol. The molecular formula is C17H26BrFN2. The molecule has 1 aromatic rings. The standard InChI is InChI=1S/C17H26BrFN2/c1-4-16-11-21(17(5-2,6-3)12-20-16)10-13-7-14(18)9-15(19)8-13/h7-9,16,20H,4-6,10-12H2,1-3H3. The fraction of sp³-hybridized carbons (Fsp3) is 0.647. The molecule has 1 aliphatic rings.